The molecule has 1 fully saturated rings. The van der Waals surface area contributed by atoms with Crippen LogP contribution in [0.4, 0.5) is 5.69 Å². The molecule has 1 aliphatic heterocycles. The number of hydrogen-bond donors (Lipinski definition) is 1. The van der Waals surface area contributed by atoms with Crippen molar-refractivity contribution in [3.8, 4) is 0 Å². The number of hydrazone groups is 1. The first-order valence-corrected chi connectivity index (χ1v) is 10.0. The van der Waals surface area contributed by atoms with Gasteiger partial charge >= 0.3 is 0 Å². The van der Waals surface area contributed by atoms with E-state index >= 15 is 0 Å². The Morgan fingerprint density at radius 1 is 1.15 bits per heavy atom. The second kappa shape index (κ2) is 8.97. The minimum Gasteiger partial charge on any atom is -0.306 e. The molecule has 1 aromatic rings. The van der Waals surface area contributed by atoms with Crippen molar-refractivity contribution in [2.75, 3.05) is 11.4 Å². The van der Waals surface area contributed by atoms with Gasteiger partial charge in [0.05, 0.1) is 5.69 Å². The molecule has 1 saturated carbocycles. The van der Waals surface area contributed by atoms with E-state index in [9.17, 15) is 9.59 Å². The number of hydrogen-bond acceptors (Lipinski definition) is 3. The number of rotatable bonds is 7. The van der Waals surface area contributed by atoms with Crippen LogP contribution in [0.15, 0.2) is 29.4 Å². The molecule has 0 aromatic heterocycles. The zero-order valence-corrected chi connectivity index (χ0v) is 15.7. The molecular formula is C21H29N3O2. The Hall–Kier alpha value is -2.17. The van der Waals surface area contributed by atoms with Gasteiger partial charge in [0.2, 0.25) is 5.91 Å². The van der Waals surface area contributed by atoms with Gasteiger partial charge in [0.25, 0.3) is 5.91 Å². The fourth-order valence-corrected chi connectivity index (χ4v) is 3.86. The first-order valence-electron chi connectivity index (χ1n) is 10.0. The number of carbonyl (C=O) groups is 2. The number of anilines is 1. The van der Waals surface area contributed by atoms with Gasteiger partial charge in [0.15, 0.2) is 5.71 Å². The summed E-state index contributed by atoms with van der Waals surface area (Å²) >= 11 is 0. The van der Waals surface area contributed by atoms with Crippen LogP contribution in [0.5, 0.6) is 0 Å². The first kappa shape index (κ1) is 18.6. The molecule has 3 rings (SSSR count). The monoisotopic (exact) mass is 355 g/mol. The molecule has 1 aromatic carbocycles. The van der Waals surface area contributed by atoms with E-state index in [-0.39, 0.29) is 17.7 Å². The van der Waals surface area contributed by atoms with Gasteiger partial charge < -0.3 is 4.90 Å². The van der Waals surface area contributed by atoms with Crippen molar-refractivity contribution >= 4 is 23.2 Å². The van der Waals surface area contributed by atoms with Crippen molar-refractivity contribution in [3.63, 3.8) is 0 Å². The smallest absolute Gasteiger partial charge is 0.279 e. The fourth-order valence-electron chi connectivity index (χ4n) is 3.86. The number of nitrogens with zero attached hydrogens (tertiary/aromatic N) is 2. The zero-order valence-electron chi connectivity index (χ0n) is 15.7. The largest absolute Gasteiger partial charge is 0.306 e. The highest BCUT2D eigenvalue weighted by Crippen LogP contribution is 2.29. The number of fused-ring (bicyclic) bond motifs is 1. The van der Waals surface area contributed by atoms with Crippen molar-refractivity contribution in [3.05, 3.63) is 29.8 Å². The van der Waals surface area contributed by atoms with E-state index in [1.807, 2.05) is 24.3 Å². The Morgan fingerprint density at radius 2 is 1.92 bits per heavy atom. The molecule has 1 aliphatic carbocycles. The Bertz CT molecular complexity index is 678. The number of para-hydroxylation sites is 1. The Labute approximate surface area is 155 Å². The van der Waals surface area contributed by atoms with Crippen molar-refractivity contribution in [1.29, 1.82) is 0 Å². The van der Waals surface area contributed by atoms with Gasteiger partial charge in [-0.1, -0.05) is 63.6 Å². The summed E-state index contributed by atoms with van der Waals surface area (Å²) in [7, 11) is 0. The van der Waals surface area contributed by atoms with Crippen LogP contribution in [0.25, 0.3) is 0 Å². The summed E-state index contributed by atoms with van der Waals surface area (Å²) < 4.78 is 0. The van der Waals surface area contributed by atoms with Crippen LogP contribution in [0.3, 0.4) is 0 Å². The van der Waals surface area contributed by atoms with Crippen molar-refractivity contribution in [1.82, 2.24) is 5.43 Å². The number of benzene rings is 1. The van der Waals surface area contributed by atoms with Crippen LogP contribution in [0, 0.1) is 5.92 Å². The summed E-state index contributed by atoms with van der Waals surface area (Å²) in [6.07, 6.45) is 9.70. The van der Waals surface area contributed by atoms with Crippen LogP contribution < -0.4 is 10.3 Å². The normalized spacial score (nSPS) is 19.0. The third kappa shape index (κ3) is 4.14. The van der Waals surface area contributed by atoms with E-state index in [0.717, 1.165) is 49.8 Å². The predicted octanol–water partition coefficient (Wildman–Crippen LogP) is 4.01. The Morgan fingerprint density at radius 3 is 2.69 bits per heavy atom. The van der Waals surface area contributed by atoms with E-state index in [2.05, 4.69) is 17.5 Å². The maximum atomic E-state index is 12.9. The van der Waals surface area contributed by atoms with Gasteiger partial charge in [-0.05, 0) is 25.3 Å². The molecule has 0 radical (unpaired) electrons. The molecule has 5 heteroatoms. The van der Waals surface area contributed by atoms with Crippen LogP contribution in [-0.2, 0) is 9.59 Å². The Balaban J connectivity index is 1.70. The minimum atomic E-state index is -0.105. The summed E-state index contributed by atoms with van der Waals surface area (Å²) in [6.45, 7) is 2.88. The molecule has 5 nitrogen and oxygen atoms in total. The van der Waals surface area contributed by atoms with Gasteiger partial charge in [-0.25, -0.2) is 5.43 Å². The summed E-state index contributed by atoms with van der Waals surface area (Å²) in [6, 6.07) is 7.71. The maximum absolute atomic E-state index is 12.9. The van der Waals surface area contributed by atoms with Crippen molar-refractivity contribution in [2.24, 2.45) is 11.0 Å². The van der Waals surface area contributed by atoms with Gasteiger partial charge in [-0.15, -0.1) is 0 Å². The lowest BCUT2D eigenvalue weighted by molar-refractivity contribution is -0.125. The molecule has 1 heterocycles. The van der Waals surface area contributed by atoms with Gasteiger partial charge in [-0.2, -0.15) is 5.10 Å². The summed E-state index contributed by atoms with van der Waals surface area (Å²) in [5, 5.41) is 4.24. The topological polar surface area (TPSA) is 61.8 Å². The summed E-state index contributed by atoms with van der Waals surface area (Å²) in [5.41, 5.74) is 4.74. The highest BCUT2D eigenvalue weighted by atomic mass is 16.2. The minimum absolute atomic E-state index is 0.0324. The molecule has 2 aliphatic rings. The SMILES string of the molecule is CCCCCCN1C(=O)C(=NNC(=O)C2CCCCC2)c2ccccc21. The third-order valence-corrected chi connectivity index (χ3v) is 5.39. The molecule has 0 unspecified atom stereocenters. The number of amides is 2. The average molecular weight is 355 g/mol. The van der Waals surface area contributed by atoms with Crippen LogP contribution in [0.1, 0.15) is 70.3 Å². The van der Waals surface area contributed by atoms with Gasteiger partial charge in [0, 0.05) is 18.0 Å². The number of carbonyl (C=O) groups excluding carboxylic acids is 2. The first-order chi connectivity index (χ1) is 12.7. The molecule has 0 spiro atoms. The standard InChI is InChI=1S/C21H29N3O2/c1-2-3-4-10-15-24-18-14-9-8-13-17(18)19(21(24)26)22-23-20(25)16-11-6-5-7-12-16/h8-9,13-14,16H,2-7,10-12,15H2,1H3,(H,23,25). The van der Waals surface area contributed by atoms with Gasteiger partial charge in [0.1, 0.15) is 0 Å². The second-order valence-corrected chi connectivity index (χ2v) is 7.31. The summed E-state index contributed by atoms with van der Waals surface area (Å²) in [4.78, 5) is 27.0. The highest BCUT2D eigenvalue weighted by molar-refractivity contribution is 6.54. The van der Waals surface area contributed by atoms with Crippen LogP contribution >= 0.6 is 0 Å². The Kier molecular flexibility index (Phi) is 6.42. The van der Waals surface area contributed by atoms with Gasteiger partial charge in [-0.3, -0.25) is 9.59 Å². The maximum Gasteiger partial charge on any atom is 0.279 e. The van der Waals surface area contributed by atoms with E-state index < -0.39 is 0 Å². The molecule has 140 valence electrons. The quantitative estimate of drug-likeness (QED) is 0.593. The molecule has 1 N–H and O–H groups in total. The third-order valence-electron chi connectivity index (χ3n) is 5.39. The number of unbranched alkanes of at least 4 members (excludes halogenated alkanes) is 3. The van der Waals surface area contributed by atoms with Crippen LogP contribution in [-0.4, -0.2) is 24.1 Å². The van der Waals surface area contributed by atoms with E-state index in [4.69, 9.17) is 0 Å². The van der Waals surface area contributed by atoms with Crippen molar-refractivity contribution in [2.45, 2.75) is 64.7 Å². The van der Waals surface area contributed by atoms with E-state index in [1.54, 1.807) is 4.90 Å². The number of nitrogens with one attached hydrogen (secondary N) is 1. The van der Waals surface area contributed by atoms with E-state index in [1.165, 1.54) is 19.3 Å². The van der Waals surface area contributed by atoms with Crippen LogP contribution in [0.2, 0.25) is 0 Å². The molecule has 2 amide bonds. The van der Waals surface area contributed by atoms with E-state index in [0.29, 0.717) is 12.3 Å². The average Bonchev–Trinajstić information content (AvgIpc) is 2.95. The molecule has 0 atom stereocenters. The van der Waals surface area contributed by atoms with Crippen molar-refractivity contribution < 1.29 is 9.59 Å². The molecular weight excluding hydrogens is 326 g/mol. The molecule has 0 bridgehead atoms. The lowest BCUT2D eigenvalue weighted by atomic mass is 9.89. The second-order valence-electron chi connectivity index (χ2n) is 7.31. The molecule has 0 saturated heterocycles. The lowest BCUT2D eigenvalue weighted by Gasteiger charge is -2.19. The highest BCUT2D eigenvalue weighted by Gasteiger charge is 2.33. The molecule has 26 heavy (non-hydrogen) atoms. The fraction of sp³-hybridized carbons (Fsp3) is 0.571. The predicted molar refractivity (Wildman–Crippen MR) is 104 cm³/mol. The zero-order chi connectivity index (χ0) is 18.4. The lowest BCUT2D eigenvalue weighted by Crippen LogP contribution is -2.34. The summed E-state index contributed by atoms with van der Waals surface area (Å²) in [5.74, 6) is -0.125.